The van der Waals surface area contributed by atoms with Crippen LogP contribution < -0.4 is 5.32 Å². The molecule has 2 fully saturated rings. The van der Waals surface area contributed by atoms with E-state index in [-0.39, 0.29) is 17.6 Å². The van der Waals surface area contributed by atoms with Gasteiger partial charge in [0.25, 0.3) is 0 Å². The van der Waals surface area contributed by atoms with Crippen molar-refractivity contribution in [2.45, 2.75) is 38.0 Å². The molecule has 0 aliphatic carbocycles. The SMILES string of the molecule is CC(=O)NC[C@@H]1CC[C@]2(COCCN(Cc3cccc(C#N)c3)C2)O1. The van der Waals surface area contributed by atoms with Crippen molar-refractivity contribution < 1.29 is 14.3 Å². The van der Waals surface area contributed by atoms with Gasteiger partial charge in [-0.2, -0.15) is 5.26 Å². The maximum absolute atomic E-state index is 11.1. The monoisotopic (exact) mass is 343 g/mol. The number of hydrogen-bond acceptors (Lipinski definition) is 5. The van der Waals surface area contributed by atoms with Crippen LogP contribution in [0.25, 0.3) is 0 Å². The van der Waals surface area contributed by atoms with Crippen LogP contribution in [0.2, 0.25) is 0 Å². The molecule has 2 aliphatic rings. The van der Waals surface area contributed by atoms with Gasteiger partial charge in [-0.1, -0.05) is 12.1 Å². The third kappa shape index (κ3) is 4.79. The van der Waals surface area contributed by atoms with Gasteiger partial charge in [0.15, 0.2) is 0 Å². The van der Waals surface area contributed by atoms with Crippen LogP contribution in [0, 0.1) is 11.3 Å². The standard InChI is InChI=1S/C19H25N3O3/c1-15(23)21-11-18-5-6-19(25-18)13-22(7-8-24-14-19)12-17-4-2-3-16(9-17)10-20/h2-4,9,18H,5-8,11-14H2,1H3,(H,21,23)/t18-,19-/m0/s1. The second-order valence-electron chi connectivity index (χ2n) is 6.97. The second-order valence-corrected chi connectivity index (χ2v) is 6.97. The molecule has 25 heavy (non-hydrogen) atoms. The molecule has 6 nitrogen and oxygen atoms in total. The summed E-state index contributed by atoms with van der Waals surface area (Å²) in [6, 6.07) is 9.93. The Hall–Kier alpha value is -1.94. The van der Waals surface area contributed by atoms with Gasteiger partial charge in [-0.15, -0.1) is 0 Å². The Morgan fingerprint density at radius 3 is 3.20 bits per heavy atom. The van der Waals surface area contributed by atoms with E-state index < -0.39 is 0 Å². The maximum atomic E-state index is 11.1. The highest BCUT2D eigenvalue weighted by atomic mass is 16.6. The summed E-state index contributed by atoms with van der Waals surface area (Å²) in [4.78, 5) is 13.4. The Labute approximate surface area is 148 Å². The fraction of sp³-hybridized carbons (Fsp3) is 0.579. The zero-order chi connectivity index (χ0) is 17.7. The number of carbonyl (C=O) groups excluding carboxylic acids is 1. The van der Waals surface area contributed by atoms with Crippen LogP contribution in [0.3, 0.4) is 0 Å². The summed E-state index contributed by atoms with van der Waals surface area (Å²) in [5.74, 6) is -0.0272. The van der Waals surface area contributed by atoms with Gasteiger partial charge in [0.2, 0.25) is 5.91 Å². The first kappa shape index (κ1) is 17.9. The third-order valence-corrected chi connectivity index (χ3v) is 4.81. The van der Waals surface area contributed by atoms with Gasteiger partial charge in [-0.3, -0.25) is 9.69 Å². The van der Waals surface area contributed by atoms with E-state index in [2.05, 4.69) is 16.3 Å². The number of hydrogen-bond donors (Lipinski definition) is 1. The lowest BCUT2D eigenvalue weighted by molar-refractivity contribution is -0.121. The predicted molar refractivity (Wildman–Crippen MR) is 92.8 cm³/mol. The van der Waals surface area contributed by atoms with Crippen LogP contribution in [-0.4, -0.2) is 55.4 Å². The van der Waals surface area contributed by atoms with E-state index in [9.17, 15) is 4.79 Å². The minimum atomic E-state index is -0.299. The van der Waals surface area contributed by atoms with Crippen molar-refractivity contribution >= 4 is 5.91 Å². The number of nitrogens with one attached hydrogen (secondary N) is 1. The van der Waals surface area contributed by atoms with Gasteiger partial charge in [-0.05, 0) is 30.5 Å². The average molecular weight is 343 g/mol. The first-order valence-electron chi connectivity index (χ1n) is 8.80. The maximum Gasteiger partial charge on any atom is 0.216 e. The number of nitriles is 1. The van der Waals surface area contributed by atoms with Crippen molar-refractivity contribution in [3.05, 3.63) is 35.4 Å². The molecule has 2 aliphatic heterocycles. The van der Waals surface area contributed by atoms with E-state index in [0.29, 0.717) is 25.3 Å². The molecule has 2 saturated heterocycles. The Balaban J connectivity index is 1.63. The number of rotatable bonds is 4. The summed E-state index contributed by atoms with van der Waals surface area (Å²) in [6.45, 7) is 5.79. The number of ether oxygens (including phenoxy) is 2. The average Bonchev–Trinajstić information content (AvgIpc) is 2.89. The van der Waals surface area contributed by atoms with Crippen molar-refractivity contribution in [2.24, 2.45) is 0 Å². The summed E-state index contributed by atoms with van der Waals surface area (Å²) in [5, 5.41) is 11.9. The van der Waals surface area contributed by atoms with Gasteiger partial charge in [0.1, 0.15) is 5.60 Å². The molecule has 1 N–H and O–H groups in total. The van der Waals surface area contributed by atoms with Gasteiger partial charge in [0.05, 0.1) is 31.0 Å². The van der Waals surface area contributed by atoms with Crippen molar-refractivity contribution in [3.8, 4) is 6.07 Å². The second kappa shape index (κ2) is 7.96. The zero-order valence-corrected chi connectivity index (χ0v) is 14.7. The van der Waals surface area contributed by atoms with E-state index in [4.69, 9.17) is 14.7 Å². The largest absolute Gasteiger partial charge is 0.377 e. The molecule has 2 atom stereocenters. The molecule has 0 radical (unpaired) electrons. The fourth-order valence-corrected chi connectivity index (χ4v) is 3.64. The normalized spacial score (nSPS) is 27.0. The Morgan fingerprint density at radius 2 is 2.40 bits per heavy atom. The molecule has 1 amide bonds. The molecule has 0 saturated carbocycles. The van der Waals surface area contributed by atoms with Crippen molar-refractivity contribution in [1.82, 2.24) is 10.2 Å². The van der Waals surface area contributed by atoms with Crippen LogP contribution in [0.15, 0.2) is 24.3 Å². The Morgan fingerprint density at radius 1 is 1.52 bits per heavy atom. The Kier molecular flexibility index (Phi) is 5.69. The number of benzene rings is 1. The minimum absolute atomic E-state index is 0.0272. The smallest absolute Gasteiger partial charge is 0.216 e. The molecule has 1 aromatic rings. The first-order valence-corrected chi connectivity index (χ1v) is 8.80. The van der Waals surface area contributed by atoms with E-state index >= 15 is 0 Å². The molecule has 0 bridgehead atoms. The van der Waals surface area contributed by atoms with Crippen LogP contribution in [0.5, 0.6) is 0 Å². The van der Waals surface area contributed by atoms with Crippen LogP contribution >= 0.6 is 0 Å². The van der Waals surface area contributed by atoms with Gasteiger partial charge in [0, 0.05) is 33.1 Å². The predicted octanol–water partition coefficient (Wildman–Crippen LogP) is 1.44. The first-order chi connectivity index (χ1) is 12.1. The van der Waals surface area contributed by atoms with Crippen molar-refractivity contribution in [1.29, 1.82) is 5.26 Å². The lowest BCUT2D eigenvalue weighted by atomic mass is 9.99. The highest BCUT2D eigenvalue weighted by molar-refractivity contribution is 5.72. The topological polar surface area (TPSA) is 74.6 Å². The highest BCUT2D eigenvalue weighted by Gasteiger charge is 2.42. The number of nitrogens with zero attached hydrogens (tertiary/aromatic N) is 2. The molecule has 6 heteroatoms. The van der Waals surface area contributed by atoms with Gasteiger partial charge >= 0.3 is 0 Å². The lowest BCUT2D eigenvalue weighted by Gasteiger charge is -2.32. The molecule has 2 heterocycles. The zero-order valence-electron chi connectivity index (χ0n) is 14.7. The summed E-state index contributed by atoms with van der Waals surface area (Å²) in [5.41, 5.74) is 1.52. The number of amides is 1. The van der Waals surface area contributed by atoms with E-state index in [0.717, 1.165) is 38.0 Å². The van der Waals surface area contributed by atoms with Crippen molar-refractivity contribution in [2.75, 3.05) is 32.8 Å². The molecule has 0 unspecified atom stereocenters. The Bertz CT molecular complexity index is 658. The summed E-state index contributed by atoms with van der Waals surface area (Å²) in [6.07, 6.45) is 1.92. The van der Waals surface area contributed by atoms with Gasteiger partial charge in [-0.25, -0.2) is 0 Å². The minimum Gasteiger partial charge on any atom is -0.377 e. The van der Waals surface area contributed by atoms with Crippen LogP contribution in [0.1, 0.15) is 30.9 Å². The summed E-state index contributed by atoms with van der Waals surface area (Å²) in [7, 11) is 0. The third-order valence-electron chi connectivity index (χ3n) is 4.81. The van der Waals surface area contributed by atoms with Crippen LogP contribution in [0.4, 0.5) is 0 Å². The highest BCUT2D eigenvalue weighted by Crippen LogP contribution is 2.33. The summed E-state index contributed by atoms with van der Waals surface area (Å²) >= 11 is 0. The molecule has 1 spiro atoms. The van der Waals surface area contributed by atoms with Crippen molar-refractivity contribution in [3.63, 3.8) is 0 Å². The molecular formula is C19H25N3O3. The molecular weight excluding hydrogens is 318 g/mol. The molecule has 3 rings (SSSR count). The summed E-state index contributed by atoms with van der Waals surface area (Å²) < 4.78 is 12.1. The lowest BCUT2D eigenvalue weighted by Crippen LogP contribution is -2.45. The molecule has 1 aromatic carbocycles. The van der Waals surface area contributed by atoms with Gasteiger partial charge < -0.3 is 14.8 Å². The quantitative estimate of drug-likeness (QED) is 0.895. The van der Waals surface area contributed by atoms with E-state index in [1.165, 1.54) is 6.92 Å². The molecule has 0 aromatic heterocycles. The fourth-order valence-electron chi connectivity index (χ4n) is 3.64. The number of carbonyl (C=O) groups is 1. The van der Waals surface area contributed by atoms with E-state index in [1.807, 2.05) is 24.3 Å². The molecule has 134 valence electrons. The van der Waals surface area contributed by atoms with Crippen LogP contribution in [-0.2, 0) is 20.8 Å². The van der Waals surface area contributed by atoms with E-state index in [1.54, 1.807) is 0 Å².